The number of pyridine rings is 1. The van der Waals surface area contributed by atoms with Gasteiger partial charge < -0.3 is 24.6 Å². The van der Waals surface area contributed by atoms with Gasteiger partial charge in [0.25, 0.3) is 0 Å². The number of aliphatic hydroxyl groups is 1. The van der Waals surface area contributed by atoms with Gasteiger partial charge in [-0.2, -0.15) is 5.26 Å². The second-order valence-electron chi connectivity index (χ2n) is 9.73. The van der Waals surface area contributed by atoms with Crippen LogP contribution in [0.3, 0.4) is 0 Å². The Labute approximate surface area is 232 Å². The maximum absolute atomic E-state index is 9.87. The number of hydrogen-bond donors (Lipinski definition) is 2. The lowest BCUT2D eigenvalue weighted by Gasteiger charge is -2.29. The van der Waals surface area contributed by atoms with E-state index in [1.807, 2.05) is 43.3 Å². The van der Waals surface area contributed by atoms with Gasteiger partial charge in [0.15, 0.2) is 11.5 Å². The molecule has 1 aromatic heterocycles. The maximum Gasteiger partial charge on any atom is 0.161 e. The molecule has 0 spiro atoms. The Balaban J connectivity index is 1.50. The zero-order valence-corrected chi connectivity index (χ0v) is 23.0. The maximum atomic E-state index is 9.87. The van der Waals surface area contributed by atoms with Crippen LogP contribution in [-0.2, 0) is 0 Å². The number of methoxy groups -OCH3 is 2. The lowest BCUT2D eigenvalue weighted by molar-refractivity contribution is 0.0753. The molecule has 4 aromatic rings. The van der Waals surface area contributed by atoms with Gasteiger partial charge in [-0.25, -0.2) is 0 Å². The molecule has 0 amide bonds. The number of aliphatic hydroxyl groups excluding tert-OH is 1. The molecule has 0 bridgehead atoms. The number of benzene rings is 3. The Kier molecular flexibility index (Phi) is 7.94. The van der Waals surface area contributed by atoms with Crippen LogP contribution in [0.15, 0.2) is 42.6 Å². The van der Waals surface area contributed by atoms with Gasteiger partial charge in [0.2, 0.25) is 0 Å². The van der Waals surface area contributed by atoms with Crippen molar-refractivity contribution in [2.45, 2.75) is 25.9 Å². The van der Waals surface area contributed by atoms with Crippen molar-refractivity contribution in [1.29, 1.82) is 5.26 Å². The second-order valence-corrected chi connectivity index (χ2v) is 10.1. The van der Waals surface area contributed by atoms with E-state index in [1.54, 1.807) is 20.4 Å². The van der Waals surface area contributed by atoms with Crippen molar-refractivity contribution >= 4 is 44.7 Å². The SMILES string of the molecule is COc1cc(Nc2c(C#N)cnc3cc4cc(OC)c(OCCN5CCC(O)CC5)cc4cc23)c(Cl)cc1C. The number of halogens is 1. The highest BCUT2D eigenvalue weighted by molar-refractivity contribution is 6.33. The van der Waals surface area contributed by atoms with E-state index in [4.69, 9.17) is 25.8 Å². The number of likely N-dealkylation sites (tertiary alicyclic amines) is 1. The number of hydrogen-bond acceptors (Lipinski definition) is 8. The number of fused-ring (bicyclic) bond motifs is 2. The third-order valence-electron chi connectivity index (χ3n) is 7.20. The van der Waals surface area contributed by atoms with Gasteiger partial charge in [0.1, 0.15) is 18.4 Å². The Hall–Kier alpha value is -3.77. The molecule has 9 heteroatoms. The molecule has 8 nitrogen and oxygen atoms in total. The number of aryl methyl sites for hydroxylation is 1. The summed E-state index contributed by atoms with van der Waals surface area (Å²) in [6.45, 7) is 4.94. The summed E-state index contributed by atoms with van der Waals surface area (Å²) in [5.74, 6) is 1.98. The molecule has 2 N–H and O–H groups in total. The zero-order chi connectivity index (χ0) is 27.5. The molecular formula is C30H31ClN4O4. The molecule has 2 heterocycles. The summed E-state index contributed by atoms with van der Waals surface area (Å²) in [4.78, 5) is 6.84. The minimum atomic E-state index is -0.197. The van der Waals surface area contributed by atoms with Crippen molar-refractivity contribution in [2.24, 2.45) is 0 Å². The van der Waals surface area contributed by atoms with Crippen LogP contribution < -0.4 is 19.5 Å². The molecule has 1 fully saturated rings. The highest BCUT2D eigenvalue weighted by Gasteiger charge is 2.18. The second kappa shape index (κ2) is 11.5. The van der Waals surface area contributed by atoms with E-state index in [1.165, 1.54) is 0 Å². The van der Waals surface area contributed by atoms with Crippen LogP contribution in [0.2, 0.25) is 5.02 Å². The van der Waals surface area contributed by atoms with E-state index in [0.29, 0.717) is 45.8 Å². The largest absolute Gasteiger partial charge is 0.496 e. The van der Waals surface area contributed by atoms with Crippen LogP contribution >= 0.6 is 11.6 Å². The topological polar surface area (TPSA) is 99.9 Å². The quantitative estimate of drug-likeness (QED) is 0.267. The van der Waals surface area contributed by atoms with Crippen LogP contribution in [0.4, 0.5) is 11.4 Å². The fourth-order valence-corrected chi connectivity index (χ4v) is 5.23. The van der Waals surface area contributed by atoms with E-state index in [-0.39, 0.29) is 6.10 Å². The highest BCUT2D eigenvalue weighted by Crippen LogP contribution is 2.39. The standard InChI is InChI=1S/C30H31ClN4O4/c1-18-10-24(31)26(15-27(18)37-2)34-30-21(16-32)17-33-25-12-20-13-28(38-3)29(14-19(20)11-23(25)30)39-9-8-35-6-4-22(36)5-7-35/h10-15,17,22,36H,4-9H2,1-3H3,(H,33,34). The lowest BCUT2D eigenvalue weighted by atomic mass is 10.0. The molecule has 0 unspecified atom stereocenters. The first-order valence-electron chi connectivity index (χ1n) is 12.9. The van der Waals surface area contributed by atoms with E-state index >= 15 is 0 Å². The average Bonchev–Trinajstić information content (AvgIpc) is 2.94. The van der Waals surface area contributed by atoms with Crippen molar-refractivity contribution in [2.75, 3.05) is 45.8 Å². The molecule has 202 valence electrons. The van der Waals surface area contributed by atoms with E-state index in [2.05, 4.69) is 21.3 Å². The summed E-state index contributed by atoms with van der Waals surface area (Å²) >= 11 is 6.55. The summed E-state index contributed by atoms with van der Waals surface area (Å²) in [5, 5.41) is 26.1. The predicted molar refractivity (Wildman–Crippen MR) is 154 cm³/mol. The Morgan fingerprint density at radius 1 is 1.05 bits per heavy atom. The monoisotopic (exact) mass is 546 g/mol. The summed E-state index contributed by atoms with van der Waals surface area (Å²) < 4.78 is 17.3. The fraction of sp³-hybridized carbons (Fsp3) is 0.333. The van der Waals surface area contributed by atoms with Gasteiger partial charge in [-0.3, -0.25) is 9.88 Å². The minimum absolute atomic E-state index is 0.197. The molecule has 0 radical (unpaired) electrons. The number of anilines is 2. The van der Waals surface area contributed by atoms with Gasteiger partial charge in [0.05, 0.1) is 47.8 Å². The molecule has 1 saturated heterocycles. The van der Waals surface area contributed by atoms with Gasteiger partial charge in [0, 0.05) is 37.3 Å². The molecular weight excluding hydrogens is 516 g/mol. The van der Waals surface area contributed by atoms with Crippen LogP contribution in [0.1, 0.15) is 24.0 Å². The number of nitriles is 1. The first-order valence-corrected chi connectivity index (χ1v) is 13.3. The summed E-state index contributed by atoms with van der Waals surface area (Å²) in [6, 6.07) is 13.8. The summed E-state index contributed by atoms with van der Waals surface area (Å²) in [7, 11) is 3.24. The number of piperidine rings is 1. The molecule has 1 aliphatic heterocycles. The highest BCUT2D eigenvalue weighted by atomic mass is 35.5. The van der Waals surface area contributed by atoms with Crippen LogP contribution in [0, 0.1) is 18.3 Å². The molecule has 0 atom stereocenters. The predicted octanol–water partition coefficient (Wildman–Crippen LogP) is 5.82. The number of ether oxygens (including phenoxy) is 3. The van der Waals surface area contributed by atoms with Gasteiger partial charge >= 0.3 is 0 Å². The molecule has 0 saturated carbocycles. The smallest absolute Gasteiger partial charge is 0.161 e. The Bertz CT molecular complexity index is 1560. The molecule has 0 aliphatic carbocycles. The number of nitrogens with one attached hydrogen (secondary N) is 1. The summed E-state index contributed by atoms with van der Waals surface area (Å²) in [5.41, 5.74) is 3.28. The van der Waals surface area contributed by atoms with Crippen molar-refractivity contribution in [3.05, 3.63) is 58.7 Å². The van der Waals surface area contributed by atoms with Crippen molar-refractivity contribution in [3.8, 4) is 23.3 Å². The zero-order valence-electron chi connectivity index (χ0n) is 22.3. The van der Waals surface area contributed by atoms with E-state index in [9.17, 15) is 10.4 Å². The molecule has 39 heavy (non-hydrogen) atoms. The molecule has 1 aliphatic rings. The van der Waals surface area contributed by atoms with Crippen molar-refractivity contribution in [3.63, 3.8) is 0 Å². The number of nitrogens with zero attached hydrogens (tertiary/aromatic N) is 3. The fourth-order valence-electron chi connectivity index (χ4n) is 4.97. The third-order valence-corrected chi connectivity index (χ3v) is 7.51. The normalized spacial score (nSPS) is 14.4. The first-order chi connectivity index (χ1) is 18.9. The van der Waals surface area contributed by atoms with E-state index in [0.717, 1.165) is 59.7 Å². The third kappa shape index (κ3) is 5.66. The van der Waals surface area contributed by atoms with Gasteiger partial charge in [-0.15, -0.1) is 0 Å². The Morgan fingerprint density at radius 2 is 1.77 bits per heavy atom. The average molecular weight is 547 g/mol. The number of aromatic nitrogens is 1. The van der Waals surface area contributed by atoms with Crippen molar-refractivity contribution in [1.82, 2.24) is 9.88 Å². The van der Waals surface area contributed by atoms with Gasteiger partial charge in [-0.1, -0.05) is 11.6 Å². The van der Waals surface area contributed by atoms with Crippen LogP contribution in [0.25, 0.3) is 21.7 Å². The summed E-state index contributed by atoms with van der Waals surface area (Å²) in [6.07, 6.45) is 2.95. The lowest BCUT2D eigenvalue weighted by Crippen LogP contribution is -2.38. The van der Waals surface area contributed by atoms with Crippen molar-refractivity contribution < 1.29 is 19.3 Å². The minimum Gasteiger partial charge on any atom is -0.496 e. The molecule has 3 aromatic carbocycles. The van der Waals surface area contributed by atoms with Crippen LogP contribution in [-0.4, -0.2) is 61.6 Å². The Morgan fingerprint density at radius 3 is 2.49 bits per heavy atom. The van der Waals surface area contributed by atoms with Gasteiger partial charge in [-0.05, 0) is 66.4 Å². The van der Waals surface area contributed by atoms with E-state index < -0.39 is 0 Å². The molecule has 5 rings (SSSR count). The number of rotatable bonds is 8. The first kappa shape index (κ1) is 26.8. The van der Waals surface area contributed by atoms with Crippen LogP contribution in [0.5, 0.6) is 17.2 Å².